The van der Waals surface area contributed by atoms with Gasteiger partial charge in [0.1, 0.15) is 5.82 Å². The lowest BCUT2D eigenvalue weighted by Gasteiger charge is -2.37. The molecule has 158 valence electrons. The number of allylic oxidation sites excluding steroid dienone is 4. The summed E-state index contributed by atoms with van der Waals surface area (Å²) in [6, 6.07) is 12.1. The van der Waals surface area contributed by atoms with Crippen molar-refractivity contribution in [3.8, 4) is 6.07 Å². The van der Waals surface area contributed by atoms with Gasteiger partial charge in [-0.2, -0.15) is 5.26 Å². The molecule has 1 atom stereocenters. The van der Waals surface area contributed by atoms with Crippen molar-refractivity contribution < 1.29 is 4.79 Å². The predicted octanol–water partition coefficient (Wildman–Crippen LogP) is 4.89. The Hall–Kier alpha value is -2.89. The van der Waals surface area contributed by atoms with Gasteiger partial charge in [0, 0.05) is 28.9 Å². The van der Waals surface area contributed by atoms with E-state index in [1.807, 2.05) is 42.5 Å². The van der Waals surface area contributed by atoms with Crippen LogP contribution in [0.15, 0.2) is 63.4 Å². The number of hydrogen-bond acceptors (Lipinski definition) is 8. The number of aromatic nitrogens is 2. The maximum atomic E-state index is 13.0. The van der Waals surface area contributed by atoms with E-state index in [4.69, 9.17) is 5.73 Å². The Morgan fingerprint density at radius 2 is 2.06 bits per heavy atom. The van der Waals surface area contributed by atoms with Crippen molar-refractivity contribution >= 4 is 40.1 Å². The highest BCUT2D eigenvalue weighted by atomic mass is 32.2. The van der Waals surface area contributed by atoms with Gasteiger partial charge >= 0.3 is 0 Å². The quantitative estimate of drug-likeness (QED) is 0.649. The maximum absolute atomic E-state index is 13.0. The number of nitriles is 1. The summed E-state index contributed by atoms with van der Waals surface area (Å²) in [4.78, 5) is 14.8. The maximum Gasteiger partial charge on any atom is 0.219 e. The van der Waals surface area contributed by atoms with Crippen LogP contribution in [0.5, 0.6) is 0 Å². The molecule has 0 saturated heterocycles. The number of Topliss-reactive ketones (excluding diaryl/α,β-unsaturated/α-hetero) is 1. The lowest BCUT2D eigenvalue weighted by Crippen LogP contribution is -2.39. The Morgan fingerprint density at radius 3 is 2.77 bits per heavy atom. The molecule has 31 heavy (non-hydrogen) atoms. The number of rotatable bonds is 5. The molecule has 4 rings (SSSR count). The number of benzene rings is 1. The summed E-state index contributed by atoms with van der Waals surface area (Å²) in [5, 5.41) is 19.6. The number of nitrogens with two attached hydrogens (primary N) is 1. The van der Waals surface area contributed by atoms with Gasteiger partial charge in [0.2, 0.25) is 5.13 Å². The zero-order valence-corrected chi connectivity index (χ0v) is 19.0. The van der Waals surface area contributed by atoms with E-state index in [0.717, 1.165) is 22.0 Å². The summed E-state index contributed by atoms with van der Waals surface area (Å²) in [5.41, 5.74) is 9.39. The monoisotopic (exact) mass is 449 g/mol. The predicted molar refractivity (Wildman–Crippen MR) is 125 cm³/mol. The smallest absolute Gasteiger partial charge is 0.219 e. The first-order chi connectivity index (χ1) is 15.0. The van der Waals surface area contributed by atoms with Gasteiger partial charge in [-0.15, -0.1) is 10.2 Å². The van der Waals surface area contributed by atoms with Gasteiger partial charge in [-0.25, -0.2) is 0 Å². The van der Waals surface area contributed by atoms with Crippen LogP contribution in [0.1, 0.15) is 38.7 Å². The van der Waals surface area contributed by atoms with Crippen LogP contribution >= 0.6 is 23.1 Å². The van der Waals surface area contributed by atoms with Gasteiger partial charge < -0.3 is 5.73 Å². The fraction of sp³-hybridized carbons (Fsp3) is 0.304. The first-order valence-electron chi connectivity index (χ1n) is 10.2. The topological polar surface area (TPSA) is 95.9 Å². The van der Waals surface area contributed by atoms with Gasteiger partial charge in [0.05, 0.1) is 11.6 Å². The van der Waals surface area contributed by atoms with Crippen molar-refractivity contribution in [2.75, 3.05) is 4.90 Å². The standard InChI is InChI=1S/C23H23N5OS2/c1-14(2)30-23-27-26-22(31-23)28-18-9-6-10-19(29)20(18)16(17(13-24)21(28)25)12-11-15-7-4-3-5-8-15/h3-5,7-8,11-12,14,16H,6,9-10,25H2,1-2H3/b12-11+. The second-order valence-corrected chi connectivity index (χ2v) is 10.4. The van der Waals surface area contributed by atoms with Crippen LogP contribution in [0.4, 0.5) is 5.13 Å². The van der Waals surface area contributed by atoms with Crippen LogP contribution in [0.25, 0.3) is 6.08 Å². The first-order valence-corrected chi connectivity index (χ1v) is 11.9. The normalized spacial score (nSPS) is 19.4. The van der Waals surface area contributed by atoms with Gasteiger partial charge in [0.15, 0.2) is 10.1 Å². The number of anilines is 1. The molecule has 2 aliphatic rings. The molecule has 8 heteroatoms. The summed E-state index contributed by atoms with van der Waals surface area (Å²) in [6.07, 6.45) is 5.80. The van der Waals surface area contributed by atoms with Crippen molar-refractivity contribution in [2.45, 2.75) is 42.7 Å². The minimum absolute atomic E-state index is 0.0653. The van der Waals surface area contributed by atoms with Crippen LogP contribution in [-0.4, -0.2) is 21.2 Å². The van der Waals surface area contributed by atoms with E-state index in [2.05, 4.69) is 30.1 Å². The molecular weight excluding hydrogens is 426 g/mol. The molecule has 2 heterocycles. The first kappa shape index (κ1) is 21.3. The highest BCUT2D eigenvalue weighted by Gasteiger charge is 2.39. The molecule has 0 amide bonds. The third kappa shape index (κ3) is 4.29. The molecule has 1 unspecified atom stereocenters. The average molecular weight is 450 g/mol. The van der Waals surface area contributed by atoms with Crippen LogP contribution in [0, 0.1) is 17.2 Å². The van der Waals surface area contributed by atoms with Crippen molar-refractivity contribution in [3.63, 3.8) is 0 Å². The highest BCUT2D eigenvalue weighted by Crippen LogP contribution is 2.44. The molecule has 2 N–H and O–H groups in total. The van der Waals surface area contributed by atoms with Crippen LogP contribution < -0.4 is 10.6 Å². The molecule has 0 bridgehead atoms. The summed E-state index contributed by atoms with van der Waals surface area (Å²) in [5.74, 6) is -0.0619. The van der Waals surface area contributed by atoms with Gasteiger partial charge in [-0.3, -0.25) is 9.69 Å². The summed E-state index contributed by atoms with van der Waals surface area (Å²) >= 11 is 3.06. The fourth-order valence-electron chi connectivity index (χ4n) is 3.85. The van der Waals surface area contributed by atoms with E-state index >= 15 is 0 Å². The largest absolute Gasteiger partial charge is 0.384 e. The molecule has 0 spiro atoms. The summed E-state index contributed by atoms with van der Waals surface area (Å²) < 4.78 is 0.840. The number of hydrogen-bond donors (Lipinski definition) is 1. The Labute approximate surface area is 190 Å². The van der Waals surface area contributed by atoms with E-state index in [1.165, 1.54) is 11.3 Å². The molecule has 1 aromatic heterocycles. The minimum atomic E-state index is -0.457. The number of ketones is 1. The highest BCUT2D eigenvalue weighted by molar-refractivity contribution is 8.01. The summed E-state index contributed by atoms with van der Waals surface area (Å²) in [6.45, 7) is 4.19. The number of nitrogens with zero attached hydrogens (tertiary/aromatic N) is 4. The fourth-order valence-corrected chi connectivity index (χ4v) is 5.96. The van der Waals surface area contributed by atoms with Crippen molar-refractivity contribution in [2.24, 2.45) is 11.7 Å². The zero-order chi connectivity index (χ0) is 22.0. The number of carbonyl (C=O) groups excluding carboxylic acids is 1. The third-order valence-electron chi connectivity index (χ3n) is 5.16. The lowest BCUT2D eigenvalue weighted by atomic mass is 9.79. The Kier molecular flexibility index (Phi) is 6.25. The lowest BCUT2D eigenvalue weighted by molar-refractivity contribution is -0.116. The second kappa shape index (κ2) is 9.08. The summed E-state index contributed by atoms with van der Waals surface area (Å²) in [7, 11) is 0. The Morgan fingerprint density at radius 1 is 1.29 bits per heavy atom. The van der Waals surface area contributed by atoms with Crippen molar-refractivity contribution in [3.05, 3.63) is 64.6 Å². The van der Waals surface area contributed by atoms with E-state index in [-0.39, 0.29) is 5.78 Å². The molecule has 0 fully saturated rings. The molecule has 1 aliphatic heterocycles. The van der Waals surface area contributed by atoms with Gasteiger partial charge in [-0.05, 0) is 18.4 Å². The average Bonchev–Trinajstić information content (AvgIpc) is 3.19. The van der Waals surface area contributed by atoms with Gasteiger partial charge in [-0.1, -0.05) is 79.4 Å². The molecule has 1 aliphatic carbocycles. The SMILES string of the molecule is CC(C)Sc1nnc(N2C(N)=C(C#N)C(/C=C/c3ccccc3)C3=C2CCCC3=O)s1. The Balaban J connectivity index is 1.80. The number of carbonyl (C=O) groups is 1. The minimum Gasteiger partial charge on any atom is -0.384 e. The molecule has 0 saturated carbocycles. The zero-order valence-electron chi connectivity index (χ0n) is 17.4. The molecule has 0 radical (unpaired) electrons. The van der Waals surface area contributed by atoms with Crippen molar-refractivity contribution in [1.29, 1.82) is 5.26 Å². The Bertz CT molecular complexity index is 1120. The van der Waals surface area contributed by atoms with E-state index in [0.29, 0.717) is 40.2 Å². The number of thioether (sulfide) groups is 1. The van der Waals surface area contributed by atoms with Crippen LogP contribution in [0.3, 0.4) is 0 Å². The molecule has 6 nitrogen and oxygen atoms in total. The third-order valence-corrected chi connectivity index (χ3v) is 7.16. The van der Waals surface area contributed by atoms with E-state index in [9.17, 15) is 10.1 Å². The molecule has 1 aromatic carbocycles. The second-order valence-electron chi connectivity index (χ2n) is 7.65. The van der Waals surface area contributed by atoms with E-state index in [1.54, 1.807) is 16.7 Å². The van der Waals surface area contributed by atoms with Gasteiger partial charge in [0.25, 0.3) is 0 Å². The van der Waals surface area contributed by atoms with Crippen LogP contribution in [0.2, 0.25) is 0 Å². The molecular formula is C23H23N5OS2. The molecule has 2 aromatic rings. The van der Waals surface area contributed by atoms with Crippen molar-refractivity contribution in [1.82, 2.24) is 10.2 Å². The van der Waals surface area contributed by atoms with E-state index < -0.39 is 5.92 Å². The van der Waals surface area contributed by atoms with Crippen LogP contribution in [-0.2, 0) is 4.79 Å².